The number of ether oxygens (including phenoxy) is 1. The van der Waals surface area contributed by atoms with Crippen LogP contribution in [0.3, 0.4) is 0 Å². The van der Waals surface area contributed by atoms with E-state index in [0.717, 1.165) is 11.1 Å². The Labute approximate surface area is 139 Å². The zero-order chi connectivity index (χ0) is 15.4. The van der Waals surface area contributed by atoms with Gasteiger partial charge in [0.15, 0.2) is 0 Å². The van der Waals surface area contributed by atoms with Crippen LogP contribution in [0.2, 0.25) is 15.1 Å². The van der Waals surface area contributed by atoms with Gasteiger partial charge in [-0.25, -0.2) is 0 Å². The highest BCUT2D eigenvalue weighted by molar-refractivity contribution is 6.33. The van der Waals surface area contributed by atoms with E-state index in [9.17, 15) is 0 Å². The van der Waals surface area contributed by atoms with Gasteiger partial charge in [0.25, 0.3) is 0 Å². The molecule has 2 nitrogen and oxygen atoms in total. The largest absolute Gasteiger partial charge is 0.487 e. The Morgan fingerprint density at radius 1 is 1.05 bits per heavy atom. The second-order valence-corrected chi connectivity index (χ2v) is 6.18. The Kier molecular flexibility index (Phi) is 5.77. The number of halogens is 3. The van der Waals surface area contributed by atoms with E-state index in [2.05, 4.69) is 0 Å². The summed E-state index contributed by atoms with van der Waals surface area (Å²) in [5.41, 5.74) is 7.66. The summed E-state index contributed by atoms with van der Waals surface area (Å²) in [5.74, 6) is 0.646. The smallest absolute Gasteiger partial charge is 0.141 e. The Morgan fingerprint density at radius 3 is 2.52 bits per heavy atom. The lowest BCUT2D eigenvalue weighted by molar-refractivity contribution is 0.302. The molecule has 1 unspecified atom stereocenters. The van der Waals surface area contributed by atoms with E-state index in [1.807, 2.05) is 19.1 Å². The van der Waals surface area contributed by atoms with Crippen molar-refractivity contribution < 1.29 is 4.74 Å². The highest BCUT2D eigenvalue weighted by Crippen LogP contribution is 2.31. The summed E-state index contributed by atoms with van der Waals surface area (Å²) in [4.78, 5) is 0. The van der Waals surface area contributed by atoms with Crippen LogP contribution in [0, 0.1) is 0 Å². The Bertz CT molecular complexity index is 629. The Balaban J connectivity index is 2.21. The minimum atomic E-state index is 0.0283. The molecular formula is C16H16Cl3NO. The molecule has 0 aliphatic carbocycles. The van der Waals surface area contributed by atoms with E-state index in [1.165, 1.54) is 0 Å². The quantitative estimate of drug-likeness (QED) is 0.817. The first kappa shape index (κ1) is 16.4. The fourth-order valence-corrected chi connectivity index (χ4v) is 2.64. The van der Waals surface area contributed by atoms with Gasteiger partial charge >= 0.3 is 0 Å². The van der Waals surface area contributed by atoms with Gasteiger partial charge in [-0.2, -0.15) is 0 Å². The first-order valence-corrected chi connectivity index (χ1v) is 7.70. The highest BCUT2D eigenvalue weighted by Gasteiger charge is 2.11. The van der Waals surface area contributed by atoms with Gasteiger partial charge in [0.1, 0.15) is 12.4 Å². The molecule has 0 fully saturated rings. The number of hydrogen-bond acceptors (Lipinski definition) is 2. The van der Waals surface area contributed by atoms with Crippen molar-refractivity contribution >= 4 is 34.8 Å². The number of nitrogens with two attached hydrogens (primary N) is 1. The summed E-state index contributed by atoms with van der Waals surface area (Å²) in [6, 6.07) is 10.9. The third-order valence-electron chi connectivity index (χ3n) is 2.97. The van der Waals surface area contributed by atoms with Gasteiger partial charge in [0.2, 0.25) is 0 Å². The lowest BCUT2D eigenvalue weighted by atomic mass is 10.1. The van der Waals surface area contributed by atoms with E-state index < -0.39 is 0 Å². The highest BCUT2D eigenvalue weighted by atomic mass is 35.5. The standard InChI is InChI=1S/C16H16Cl3NO/c1-10(20)7-11-3-2-4-15(19)16(11)21-9-12-8-13(17)5-6-14(12)18/h2-6,8,10H,7,9,20H2,1H3. The van der Waals surface area contributed by atoms with Crippen LogP contribution in [0.15, 0.2) is 36.4 Å². The van der Waals surface area contributed by atoms with E-state index in [4.69, 9.17) is 45.3 Å². The van der Waals surface area contributed by atoms with Crippen molar-refractivity contribution in [3.05, 3.63) is 62.6 Å². The molecule has 0 heterocycles. The second kappa shape index (κ2) is 7.37. The molecule has 2 N–H and O–H groups in total. The van der Waals surface area contributed by atoms with Gasteiger partial charge in [-0.3, -0.25) is 0 Å². The molecular weight excluding hydrogens is 329 g/mol. The first-order chi connectivity index (χ1) is 9.97. The normalized spacial score (nSPS) is 12.2. The van der Waals surface area contributed by atoms with Crippen molar-refractivity contribution in [1.29, 1.82) is 0 Å². The third kappa shape index (κ3) is 4.52. The topological polar surface area (TPSA) is 35.2 Å². The van der Waals surface area contributed by atoms with E-state index in [0.29, 0.717) is 33.8 Å². The van der Waals surface area contributed by atoms with Crippen molar-refractivity contribution in [1.82, 2.24) is 0 Å². The number of hydrogen-bond donors (Lipinski definition) is 1. The summed E-state index contributed by atoms with van der Waals surface area (Å²) in [5, 5.41) is 1.79. The van der Waals surface area contributed by atoms with Crippen LogP contribution in [0.1, 0.15) is 18.1 Å². The van der Waals surface area contributed by atoms with Gasteiger partial charge in [-0.15, -0.1) is 0 Å². The maximum atomic E-state index is 6.23. The predicted octanol–water partition coefficient (Wildman–Crippen LogP) is 5.12. The molecule has 0 aliphatic heterocycles. The third-order valence-corrected chi connectivity index (χ3v) is 3.87. The summed E-state index contributed by atoms with van der Waals surface area (Å²) in [7, 11) is 0. The molecule has 0 radical (unpaired) electrons. The summed E-state index contributed by atoms with van der Waals surface area (Å²) < 4.78 is 5.86. The van der Waals surface area contributed by atoms with Gasteiger partial charge in [0, 0.05) is 21.7 Å². The molecule has 2 aromatic rings. The van der Waals surface area contributed by atoms with Crippen molar-refractivity contribution in [3.63, 3.8) is 0 Å². The second-order valence-electron chi connectivity index (χ2n) is 4.93. The van der Waals surface area contributed by atoms with E-state index >= 15 is 0 Å². The molecule has 2 rings (SSSR count). The maximum absolute atomic E-state index is 6.23. The summed E-state index contributed by atoms with van der Waals surface area (Å²) in [6.45, 7) is 2.24. The fourth-order valence-electron chi connectivity index (χ4n) is 2.03. The van der Waals surface area contributed by atoms with Crippen LogP contribution in [-0.4, -0.2) is 6.04 Å². The molecule has 0 spiro atoms. The first-order valence-electron chi connectivity index (χ1n) is 6.57. The lowest BCUT2D eigenvalue weighted by Crippen LogP contribution is -2.18. The molecule has 1 atom stereocenters. The number of para-hydroxylation sites is 1. The van der Waals surface area contributed by atoms with Gasteiger partial charge in [0.05, 0.1) is 5.02 Å². The predicted molar refractivity (Wildman–Crippen MR) is 89.6 cm³/mol. The maximum Gasteiger partial charge on any atom is 0.141 e. The molecule has 21 heavy (non-hydrogen) atoms. The molecule has 0 amide bonds. The fraction of sp³-hybridized carbons (Fsp3) is 0.250. The summed E-state index contributed by atoms with van der Waals surface area (Å²) in [6.07, 6.45) is 0.694. The van der Waals surface area contributed by atoms with Gasteiger partial charge in [-0.1, -0.05) is 46.9 Å². The molecule has 2 aromatic carbocycles. The molecule has 0 saturated carbocycles. The van der Waals surface area contributed by atoms with Crippen LogP contribution in [-0.2, 0) is 13.0 Å². The van der Waals surface area contributed by atoms with E-state index in [1.54, 1.807) is 24.3 Å². The molecule has 0 saturated heterocycles. The molecule has 0 aromatic heterocycles. The van der Waals surface area contributed by atoms with E-state index in [-0.39, 0.29) is 6.04 Å². The lowest BCUT2D eigenvalue weighted by Gasteiger charge is -2.15. The van der Waals surface area contributed by atoms with Crippen LogP contribution < -0.4 is 10.5 Å². The number of rotatable bonds is 5. The Hall–Kier alpha value is -0.930. The SMILES string of the molecule is CC(N)Cc1cccc(Cl)c1OCc1cc(Cl)ccc1Cl. The molecule has 5 heteroatoms. The van der Waals surface area contributed by atoms with Crippen molar-refractivity contribution in [3.8, 4) is 5.75 Å². The average Bonchev–Trinajstić information content (AvgIpc) is 2.41. The van der Waals surface area contributed by atoms with Gasteiger partial charge in [-0.05, 0) is 43.2 Å². The monoisotopic (exact) mass is 343 g/mol. The Morgan fingerprint density at radius 2 is 1.81 bits per heavy atom. The van der Waals surface area contributed by atoms with Crippen LogP contribution >= 0.6 is 34.8 Å². The summed E-state index contributed by atoms with van der Waals surface area (Å²) >= 11 is 18.3. The average molecular weight is 345 g/mol. The van der Waals surface area contributed by atoms with Crippen molar-refractivity contribution in [2.45, 2.75) is 26.0 Å². The minimum absolute atomic E-state index is 0.0283. The van der Waals surface area contributed by atoms with Crippen LogP contribution in [0.4, 0.5) is 0 Å². The van der Waals surface area contributed by atoms with Gasteiger partial charge < -0.3 is 10.5 Å². The number of benzene rings is 2. The van der Waals surface area contributed by atoms with Crippen molar-refractivity contribution in [2.24, 2.45) is 5.73 Å². The van der Waals surface area contributed by atoms with Crippen LogP contribution in [0.5, 0.6) is 5.75 Å². The molecule has 112 valence electrons. The molecule has 0 aliphatic rings. The zero-order valence-electron chi connectivity index (χ0n) is 11.6. The van der Waals surface area contributed by atoms with Crippen LogP contribution in [0.25, 0.3) is 0 Å². The zero-order valence-corrected chi connectivity index (χ0v) is 13.8. The van der Waals surface area contributed by atoms with Crippen molar-refractivity contribution in [2.75, 3.05) is 0 Å². The minimum Gasteiger partial charge on any atom is -0.487 e. The molecule has 0 bridgehead atoms.